The summed E-state index contributed by atoms with van der Waals surface area (Å²) >= 11 is 0. The van der Waals surface area contributed by atoms with Gasteiger partial charge in [0.25, 0.3) is 0 Å². The summed E-state index contributed by atoms with van der Waals surface area (Å²) in [5, 5.41) is 17.2. The van der Waals surface area contributed by atoms with Crippen molar-refractivity contribution in [2.24, 2.45) is 11.8 Å². The standard InChI is InChI=1S/C9H18O3/c1-7(2)5-8(3-4-10)6-9(11)12/h7-8,10H,3-6H2,1-2H3,(H,11,12). The lowest BCUT2D eigenvalue weighted by Crippen LogP contribution is -2.12. The third kappa shape index (κ3) is 6.16. The molecule has 3 heteroatoms. The molecule has 0 aromatic heterocycles. The van der Waals surface area contributed by atoms with Crippen molar-refractivity contribution in [3.05, 3.63) is 0 Å². The molecule has 0 aliphatic carbocycles. The van der Waals surface area contributed by atoms with E-state index in [-0.39, 0.29) is 18.9 Å². The molecule has 0 amide bonds. The third-order valence-electron chi connectivity index (χ3n) is 1.81. The van der Waals surface area contributed by atoms with Crippen molar-refractivity contribution in [1.82, 2.24) is 0 Å². The van der Waals surface area contributed by atoms with E-state index in [9.17, 15) is 4.79 Å². The molecule has 0 heterocycles. The lowest BCUT2D eigenvalue weighted by atomic mass is 9.92. The van der Waals surface area contributed by atoms with Crippen LogP contribution in [-0.4, -0.2) is 22.8 Å². The van der Waals surface area contributed by atoms with Crippen LogP contribution in [0.1, 0.15) is 33.1 Å². The summed E-state index contributed by atoms with van der Waals surface area (Å²) < 4.78 is 0. The molecule has 0 aromatic rings. The fourth-order valence-corrected chi connectivity index (χ4v) is 1.40. The molecule has 0 aliphatic heterocycles. The van der Waals surface area contributed by atoms with E-state index in [0.717, 1.165) is 6.42 Å². The molecule has 0 fully saturated rings. The van der Waals surface area contributed by atoms with Gasteiger partial charge in [0.15, 0.2) is 0 Å². The van der Waals surface area contributed by atoms with Crippen molar-refractivity contribution in [3.8, 4) is 0 Å². The normalized spacial score (nSPS) is 13.3. The number of hydrogen-bond acceptors (Lipinski definition) is 2. The molecule has 0 spiro atoms. The Labute approximate surface area is 73.4 Å². The first-order valence-electron chi connectivity index (χ1n) is 4.39. The first-order chi connectivity index (χ1) is 5.56. The number of carbonyl (C=O) groups is 1. The summed E-state index contributed by atoms with van der Waals surface area (Å²) in [4.78, 5) is 10.4. The Morgan fingerprint density at radius 3 is 2.33 bits per heavy atom. The van der Waals surface area contributed by atoms with E-state index in [2.05, 4.69) is 13.8 Å². The van der Waals surface area contributed by atoms with Crippen molar-refractivity contribution in [1.29, 1.82) is 0 Å². The van der Waals surface area contributed by atoms with Crippen LogP contribution in [0.25, 0.3) is 0 Å². The second-order valence-corrected chi connectivity index (χ2v) is 3.61. The highest BCUT2D eigenvalue weighted by Gasteiger charge is 2.13. The van der Waals surface area contributed by atoms with Gasteiger partial charge in [-0.15, -0.1) is 0 Å². The van der Waals surface area contributed by atoms with Crippen LogP contribution >= 0.6 is 0 Å². The average Bonchev–Trinajstić information content (AvgIpc) is 1.84. The molecule has 0 rings (SSSR count). The Hall–Kier alpha value is -0.570. The van der Waals surface area contributed by atoms with Gasteiger partial charge in [-0.3, -0.25) is 4.79 Å². The SMILES string of the molecule is CC(C)CC(CCO)CC(=O)O. The van der Waals surface area contributed by atoms with Crippen molar-refractivity contribution in [3.63, 3.8) is 0 Å². The second kappa shape index (κ2) is 6.00. The molecule has 1 unspecified atom stereocenters. The summed E-state index contributed by atoms with van der Waals surface area (Å²) in [6.45, 7) is 4.21. The number of carboxylic acid groups (broad SMARTS) is 1. The fraction of sp³-hybridized carbons (Fsp3) is 0.889. The predicted octanol–water partition coefficient (Wildman–Crippen LogP) is 1.51. The maximum atomic E-state index is 10.4. The molecule has 0 bridgehead atoms. The van der Waals surface area contributed by atoms with E-state index < -0.39 is 5.97 Å². The quantitative estimate of drug-likeness (QED) is 0.641. The van der Waals surface area contributed by atoms with E-state index in [1.54, 1.807) is 0 Å². The maximum absolute atomic E-state index is 10.4. The van der Waals surface area contributed by atoms with Crippen LogP contribution in [0.5, 0.6) is 0 Å². The van der Waals surface area contributed by atoms with Crippen LogP contribution in [0.4, 0.5) is 0 Å². The lowest BCUT2D eigenvalue weighted by Gasteiger charge is -2.15. The molecule has 0 saturated carbocycles. The summed E-state index contributed by atoms with van der Waals surface area (Å²) in [6.07, 6.45) is 1.66. The molecule has 72 valence electrons. The van der Waals surface area contributed by atoms with Gasteiger partial charge in [0.1, 0.15) is 0 Å². The Balaban J connectivity index is 3.77. The van der Waals surface area contributed by atoms with Gasteiger partial charge in [0.2, 0.25) is 0 Å². The van der Waals surface area contributed by atoms with Crippen LogP contribution in [-0.2, 0) is 4.79 Å². The molecule has 1 atom stereocenters. The summed E-state index contributed by atoms with van der Waals surface area (Å²) in [7, 11) is 0. The van der Waals surface area contributed by atoms with Crippen molar-refractivity contribution < 1.29 is 15.0 Å². The fourth-order valence-electron chi connectivity index (χ4n) is 1.40. The second-order valence-electron chi connectivity index (χ2n) is 3.61. The van der Waals surface area contributed by atoms with Crippen LogP contribution < -0.4 is 0 Å². The third-order valence-corrected chi connectivity index (χ3v) is 1.81. The lowest BCUT2D eigenvalue weighted by molar-refractivity contribution is -0.138. The van der Waals surface area contributed by atoms with Gasteiger partial charge in [0.05, 0.1) is 0 Å². The molecule has 0 radical (unpaired) electrons. The zero-order valence-electron chi connectivity index (χ0n) is 7.79. The molecule has 12 heavy (non-hydrogen) atoms. The van der Waals surface area contributed by atoms with E-state index in [1.807, 2.05) is 0 Å². The summed E-state index contributed by atoms with van der Waals surface area (Å²) in [5.41, 5.74) is 0. The summed E-state index contributed by atoms with van der Waals surface area (Å²) in [5.74, 6) is -0.137. The highest BCUT2D eigenvalue weighted by molar-refractivity contribution is 5.66. The number of aliphatic carboxylic acids is 1. The Bertz CT molecular complexity index is 132. The molecule has 0 aromatic carbocycles. The van der Waals surface area contributed by atoms with Gasteiger partial charge in [-0.2, -0.15) is 0 Å². The zero-order valence-corrected chi connectivity index (χ0v) is 7.79. The molecular weight excluding hydrogens is 156 g/mol. The van der Waals surface area contributed by atoms with Gasteiger partial charge in [-0.1, -0.05) is 13.8 Å². The number of hydrogen-bond donors (Lipinski definition) is 2. The maximum Gasteiger partial charge on any atom is 0.303 e. The number of aliphatic hydroxyl groups is 1. The van der Waals surface area contributed by atoms with Gasteiger partial charge in [-0.05, 0) is 24.7 Å². The Kier molecular flexibility index (Phi) is 5.72. The Morgan fingerprint density at radius 1 is 1.42 bits per heavy atom. The highest BCUT2D eigenvalue weighted by Crippen LogP contribution is 2.18. The number of rotatable bonds is 6. The van der Waals surface area contributed by atoms with E-state index in [1.165, 1.54) is 0 Å². The number of aliphatic hydroxyl groups excluding tert-OH is 1. The minimum atomic E-state index is -0.769. The molecule has 3 nitrogen and oxygen atoms in total. The Morgan fingerprint density at radius 2 is 2.00 bits per heavy atom. The van der Waals surface area contributed by atoms with Crippen LogP contribution in [0.2, 0.25) is 0 Å². The largest absolute Gasteiger partial charge is 0.481 e. The van der Waals surface area contributed by atoms with Gasteiger partial charge >= 0.3 is 5.97 Å². The van der Waals surface area contributed by atoms with E-state index in [4.69, 9.17) is 10.2 Å². The average molecular weight is 174 g/mol. The molecular formula is C9H18O3. The molecule has 0 saturated heterocycles. The first kappa shape index (κ1) is 11.4. The first-order valence-corrected chi connectivity index (χ1v) is 4.39. The van der Waals surface area contributed by atoms with Crippen LogP contribution in [0.15, 0.2) is 0 Å². The smallest absolute Gasteiger partial charge is 0.303 e. The van der Waals surface area contributed by atoms with Crippen molar-refractivity contribution >= 4 is 5.97 Å². The predicted molar refractivity (Wildman–Crippen MR) is 46.9 cm³/mol. The van der Waals surface area contributed by atoms with Gasteiger partial charge in [-0.25, -0.2) is 0 Å². The van der Waals surface area contributed by atoms with Gasteiger partial charge in [0, 0.05) is 13.0 Å². The topological polar surface area (TPSA) is 57.5 Å². The van der Waals surface area contributed by atoms with E-state index in [0.29, 0.717) is 12.3 Å². The highest BCUT2D eigenvalue weighted by atomic mass is 16.4. The van der Waals surface area contributed by atoms with Crippen LogP contribution in [0.3, 0.4) is 0 Å². The minimum Gasteiger partial charge on any atom is -0.481 e. The number of carboxylic acids is 1. The summed E-state index contributed by atoms with van der Waals surface area (Å²) in [6, 6.07) is 0. The van der Waals surface area contributed by atoms with Crippen molar-refractivity contribution in [2.75, 3.05) is 6.61 Å². The van der Waals surface area contributed by atoms with Crippen molar-refractivity contribution in [2.45, 2.75) is 33.1 Å². The minimum absolute atomic E-state index is 0.0880. The molecule has 0 aliphatic rings. The van der Waals surface area contributed by atoms with E-state index >= 15 is 0 Å². The zero-order chi connectivity index (χ0) is 9.56. The van der Waals surface area contributed by atoms with Gasteiger partial charge < -0.3 is 10.2 Å². The van der Waals surface area contributed by atoms with Crippen LogP contribution in [0, 0.1) is 11.8 Å². The monoisotopic (exact) mass is 174 g/mol. The molecule has 2 N–H and O–H groups in total.